The van der Waals surface area contributed by atoms with E-state index < -0.39 is 12.0 Å². The second-order valence-electron chi connectivity index (χ2n) is 5.36. The minimum Gasteiger partial charge on any atom is -0.496 e. The van der Waals surface area contributed by atoms with Crippen LogP contribution in [-0.4, -0.2) is 32.1 Å². The van der Waals surface area contributed by atoms with Crippen LogP contribution in [0.5, 0.6) is 5.75 Å². The van der Waals surface area contributed by atoms with Crippen LogP contribution in [0.2, 0.25) is 0 Å². The van der Waals surface area contributed by atoms with E-state index in [0.717, 1.165) is 16.9 Å². The van der Waals surface area contributed by atoms with Gasteiger partial charge in [-0.15, -0.1) is 0 Å². The van der Waals surface area contributed by atoms with Crippen LogP contribution in [0.3, 0.4) is 0 Å². The molecule has 0 aliphatic heterocycles. The van der Waals surface area contributed by atoms with Gasteiger partial charge in [-0.1, -0.05) is 30.3 Å². The van der Waals surface area contributed by atoms with Crippen molar-refractivity contribution in [2.75, 3.05) is 14.2 Å². The highest BCUT2D eigenvalue weighted by Crippen LogP contribution is 2.22. The fraction of sp³-hybridized carbons (Fsp3) is 0.263. The minimum atomic E-state index is -0.770. The predicted molar refractivity (Wildman–Crippen MR) is 91.1 cm³/mol. The summed E-state index contributed by atoms with van der Waals surface area (Å²) < 4.78 is 10.1. The molecule has 0 saturated heterocycles. The van der Waals surface area contributed by atoms with Crippen molar-refractivity contribution < 1.29 is 19.1 Å². The smallest absolute Gasteiger partial charge is 0.328 e. The average Bonchev–Trinajstić information content (AvgIpc) is 2.62. The molecule has 0 saturated carbocycles. The molecule has 2 aromatic carbocycles. The first kappa shape index (κ1) is 17.5. The van der Waals surface area contributed by atoms with Crippen molar-refractivity contribution in [2.45, 2.75) is 19.4 Å². The maximum Gasteiger partial charge on any atom is 0.328 e. The first-order valence-corrected chi connectivity index (χ1v) is 7.63. The zero-order valence-electron chi connectivity index (χ0n) is 14.0. The molecule has 0 unspecified atom stereocenters. The number of methoxy groups -OCH3 is 2. The summed E-state index contributed by atoms with van der Waals surface area (Å²) in [5.41, 5.74) is 2.34. The quantitative estimate of drug-likeness (QED) is 0.828. The van der Waals surface area contributed by atoms with Crippen molar-refractivity contribution in [3.05, 3.63) is 65.2 Å². The van der Waals surface area contributed by atoms with Crippen molar-refractivity contribution in [1.29, 1.82) is 0 Å². The molecule has 2 aromatic rings. The van der Waals surface area contributed by atoms with E-state index in [1.807, 2.05) is 31.2 Å². The Morgan fingerprint density at radius 1 is 1.04 bits per heavy atom. The highest BCUT2D eigenvalue weighted by Gasteiger charge is 2.23. The fourth-order valence-corrected chi connectivity index (χ4v) is 2.49. The lowest BCUT2D eigenvalue weighted by molar-refractivity contribution is -0.142. The summed E-state index contributed by atoms with van der Waals surface area (Å²) in [4.78, 5) is 24.4. The van der Waals surface area contributed by atoms with Gasteiger partial charge in [-0.2, -0.15) is 0 Å². The first-order valence-electron chi connectivity index (χ1n) is 7.63. The SMILES string of the molecule is COC(=O)[C@H](Cc1cccc(OC)c1C)NC(=O)c1ccccc1. The molecule has 1 atom stereocenters. The first-order chi connectivity index (χ1) is 11.6. The maximum absolute atomic E-state index is 12.3. The number of hydrogen-bond donors (Lipinski definition) is 1. The molecule has 0 aromatic heterocycles. The van der Waals surface area contributed by atoms with Gasteiger partial charge in [0.15, 0.2) is 0 Å². The van der Waals surface area contributed by atoms with Crippen molar-refractivity contribution in [1.82, 2.24) is 5.32 Å². The number of carbonyl (C=O) groups excluding carboxylic acids is 2. The monoisotopic (exact) mass is 327 g/mol. The van der Waals surface area contributed by atoms with Gasteiger partial charge in [-0.05, 0) is 36.2 Å². The molecule has 24 heavy (non-hydrogen) atoms. The molecule has 2 rings (SSSR count). The van der Waals surface area contributed by atoms with Crippen LogP contribution in [0.15, 0.2) is 48.5 Å². The summed E-state index contributed by atoms with van der Waals surface area (Å²) in [6, 6.07) is 13.6. The number of nitrogens with one attached hydrogen (secondary N) is 1. The zero-order chi connectivity index (χ0) is 17.5. The molecular formula is C19H21NO4. The largest absolute Gasteiger partial charge is 0.496 e. The van der Waals surface area contributed by atoms with E-state index >= 15 is 0 Å². The molecule has 0 fully saturated rings. The third-order valence-electron chi connectivity index (χ3n) is 3.87. The third-order valence-corrected chi connectivity index (χ3v) is 3.87. The van der Waals surface area contributed by atoms with Gasteiger partial charge in [0.2, 0.25) is 0 Å². The van der Waals surface area contributed by atoms with Gasteiger partial charge >= 0.3 is 5.97 Å². The summed E-state index contributed by atoms with van der Waals surface area (Å²) in [7, 11) is 2.91. The summed E-state index contributed by atoms with van der Waals surface area (Å²) in [5.74, 6) is -0.0569. The van der Waals surface area contributed by atoms with Crippen LogP contribution >= 0.6 is 0 Å². The number of amides is 1. The normalized spacial score (nSPS) is 11.5. The van der Waals surface area contributed by atoms with E-state index in [1.165, 1.54) is 7.11 Å². The minimum absolute atomic E-state index is 0.313. The molecule has 1 N–H and O–H groups in total. The Morgan fingerprint density at radius 3 is 2.38 bits per heavy atom. The van der Waals surface area contributed by atoms with Gasteiger partial charge < -0.3 is 14.8 Å². The summed E-state index contributed by atoms with van der Waals surface area (Å²) in [5, 5.41) is 2.74. The highest BCUT2D eigenvalue weighted by atomic mass is 16.5. The number of ether oxygens (including phenoxy) is 2. The van der Waals surface area contributed by atoms with Crippen molar-refractivity contribution in [2.24, 2.45) is 0 Å². The molecule has 5 nitrogen and oxygen atoms in total. The molecule has 0 bridgehead atoms. The van der Waals surface area contributed by atoms with E-state index in [2.05, 4.69) is 5.32 Å². The molecule has 1 amide bonds. The average molecular weight is 327 g/mol. The second kappa shape index (κ2) is 8.15. The highest BCUT2D eigenvalue weighted by molar-refractivity contribution is 5.96. The molecule has 0 heterocycles. The molecule has 0 aliphatic carbocycles. The molecule has 0 spiro atoms. The van der Waals surface area contributed by atoms with Crippen molar-refractivity contribution in [3.63, 3.8) is 0 Å². The van der Waals surface area contributed by atoms with Crippen LogP contribution in [0, 0.1) is 6.92 Å². The maximum atomic E-state index is 12.3. The van der Waals surface area contributed by atoms with Gasteiger partial charge in [-0.3, -0.25) is 4.79 Å². The van der Waals surface area contributed by atoms with Crippen LogP contribution in [0.1, 0.15) is 21.5 Å². The Kier molecular flexibility index (Phi) is 5.95. The number of hydrogen-bond acceptors (Lipinski definition) is 4. The van der Waals surface area contributed by atoms with E-state index in [1.54, 1.807) is 31.4 Å². The lowest BCUT2D eigenvalue weighted by atomic mass is 10.00. The van der Waals surface area contributed by atoms with Gasteiger partial charge in [0.1, 0.15) is 11.8 Å². The Labute approximate surface area is 141 Å². The second-order valence-corrected chi connectivity index (χ2v) is 5.36. The lowest BCUT2D eigenvalue weighted by Crippen LogP contribution is -2.43. The van der Waals surface area contributed by atoms with Crippen LogP contribution in [0.25, 0.3) is 0 Å². The van der Waals surface area contributed by atoms with Crippen LogP contribution in [-0.2, 0) is 16.0 Å². The third kappa shape index (κ3) is 4.13. The number of esters is 1. The Balaban J connectivity index is 2.21. The Morgan fingerprint density at radius 2 is 1.75 bits per heavy atom. The fourth-order valence-electron chi connectivity index (χ4n) is 2.49. The Bertz CT molecular complexity index is 713. The topological polar surface area (TPSA) is 64.6 Å². The van der Waals surface area contributed by atoms with Crippen LogP contribution in [0.4, 0.5) is 0 Å². The molecule has 126 valence electrons. The van der Waals surface area contributed by atoms with Gasteiger partial charge in [0.05, 0.1) is 14.2 Å². The molecule has 5 heteroatoms. The van der Waals surface area contributed by atoms with Gasteiger partial charge in [-0.25, -0.2) is 4.79 Å². The number of carbonyl (C=O) groups is 2. The zero-order valence-corrected chi connectivity index (χ0v) is 14.0. The summed E-state index contributed by atoms with van der Waals surface area (Å²) in [6.45, 7) is 1.92. The van der Waals surface area contributed by atoms with E-state index in [-0.39, 0.29) is 5.91 Å². The lowest BCUT2D eigenvalue weighted by Gasteiger charge is -2.18. The van der Waals surface area contributed by atoms with E-state index in [4.69, 9.17) is 9.47 Å². The van der Waals surface area contributed by atoms with Gasteiger partial charge in [0, 0.05) is 12.0 Å². The van der Waals surface area contributed by atoms with E-state index in [0.29, 0.717) is 12.0 Å². The summed E-state index contributed by atoms with van der Waals surface area (Å²) >= 11 is 0. The molecular weight excluding hydrogens is 306 g/mol. The van der Waals surface area contributed by atoms with E-state index in [9.17, 15) is 9.59 Å². The van der Waals surface area contributed by atoms with Crippen molar-refractivity contribution >= 4 is 11.9 Å². The van der Waals surface area contributed by atoms with Crippen LogP contribution < -0.4 is 10.1 Å². The Hall–Kier alpha value is -2.82. The summed E-state index contributed by atoms with van der Waals surface area (Å²) in [6.07, 6.45) is 0.328. The number of rotatable bonds is 6. The standard InChI is InChI=1S/C19H21NO4/c1-13-15(10-7-11-17(13)23-2)12-16(19(22)24-3)20-18(21)14-8-5-4-6-9-14/h4-11,16H,12H2,1-3H3,(H,20,21)/t16-/m0/s1. The predicted octanol–water partition coefficient (Wildman–Crippen LogP) is 2.52. The molecule has 0 aliphatic rings. The van der Waals surface area contributed by atoms with Crippen molar-refractivity contribution in [3.8, 4) is 5.75 Å². The molecule has 0 radical (unpaired) electrons. The van der Waals surface area contributed by atoms with Gasteiger partial charge in [0.25, 0.3) is 5.91 Å². The number of benzene rings is 2.